The van der Waals surface area contributed by atoms with E-state index in [2.05, 4.69) is 146 Å². The number of hydrogen-bond donors (Lipinski definition) is 0. The Morgan fingerprint density at radius 2 is 0.727 bits per heavy atom. The summed E-state index contributed by atoms with van der Waals surface area (Å²) in [6.45, 7) is 0. The van der Waals surface area contributed by atoms with E-state index in [0.717, 1.165) is 66.1 Å². The molecule has 0 aliphatic carbocycles. The third-order valence-electron chi connectivity index (χ3n) is 8.70. The molecule has 0 saturated carbocycles. The summed E-state index contributed by atoms with van der Waals surface area (Å²) in [7, 11) is 0. The van der Waals surface area contributed by atoms with Crippen LogP contribution in [0.5, 0.6) is 0 Å². The molecule has 44 heavy (non-hydrogen) atoms. The first-order chi connectivity index (χ1) is 21.8. The second-order valence-corrected chi connectivity index (χ2v) is 11.3. The number of furan rings is 2. The number of fused-ring (bicyclic) bond motifs is 7. The molecule has 0 N–H and O–H groups in total. The maximum absolute atomic E-state index is 6.66. The molecule has 2 nitrogen and oxygen atoms in total. The minimum absolute atomic E-state index is 0.780. The fourth-order valence-electron chi connectivity index (χ4n) is 6.49. The summed E-state index contributed by atoms with van der Waals surface area (Å²) in [6.07, 6.45) is 0. The van der Waals surface area contributed by atoms with Crippen molar-refractivity contribution in [1.29, 1.82) is 0 Å². The predicted octanol–water partition coefficient (Wildman–Crippen LogP) is 12.2. The van der Waals surface area contributed by atoms with Crippen molar-refractivity contribution >= 4 is 43.9 Å². The quantitative estimate of drug-likeness (QED) is 0.213. The highest BCUT2D eigenvalue weighted by molar-refractivity contribution is 6.24. The Morgan fingerprint density at radius 3 is 1.32 bits per heavy atom. The summed E-state index contributed by atoms with van der Waals surface area (Å²) in [5.41, 5.74) is 12.6. The van der Waals surface area contributed by atoms with E-state index in [1.54, 1.807) is 0 Å². The van der Waals surface area contributed by atoms with Crippen molar-refractivity contribution in [2.45, 2.75) is 0 Å². The Balaban J connectivity index is 1.33. The van der Waals surface area contributed by atoms with E-state index >= 15 is 0 Å². The average Bonchev–Trinajstić information content (AvgIpc) is 3.67. The van der Waals surface area contributed by atoms with Crippen LogP contribution in [0, 0.1) is 0 Å². The fourth-order valence-corrected chi connectivity index (χ4v) is 6.49. The second kappa shape index (κ2) is 9.86. The lowest BCUT2D eigenvalue weighted by atomic mass is 9.94. The van der Waals surface area contributed by atoms with E-state index in [-0.39, 0.29) is 0 Å². The van der Waals surface area contributed by atoms with Gasteiger partial charge < -0.3 is 8.83 Å². The highest BCUT2D eigenvalue weighted by Crippen LogP contribution is 2.45. The molecule has 0 saturated heterocycles. The molecule has 0 aliphatic rings. The van der Waals surface area contributed by atoms with Gasteiger partial charge in [0.2, 0.25) is 0 Å². The molecule has 9 aromatic rings. The third kappa shape index (κ3) is 3.96. The molecule has 0 atom stereocenters. The van der Waals surface area contributed by atoms with Gasteiger partial charge in [-0.15, -0.1) is 0 Å². The van der Waals surface area contributed by atoms with Crippen LogP contribution < -0.4 is 0 Å². The largest absolute Gasteiger partial charge is 0.452 e. The average molecular weight is 563 g/mol. The molecule has 206 valence electrons. The Bertz CT molecular complexity index is 2450. The summed E-state index contributed by atoms with van der Waals surface area (Å²) >= 11 is 0. The second-order valence-electron chi connectivity index (χ2n) is 11.3. The van der Waals surface area contributed by atoms with E-state index in [1.807, 2.05) is 12.1 Å². The minimum Gasteiger partial charge on any atom is -0.452 e. The van der Waals surface area contributed by atoms with Crippen molar-refractivity contribution < 1.29 is 8.83 Å². The smallest absolute Gasteiger partial charge is 0.179 e. The summed E-state index contributed by atoms with van der Waals surface area (Å²) in [5, 5.41) is 4.28. The van der Waals surface area contributed by atoms with Gasteiger partial charge in [0.15, 0.2) is 11.2 Å². The first kappa shape index (κ1) is 24.7. The van der Waals surface area contributed by atoms with Gasteiger partial charge >= 0.3 is 0 Å². The molecular weight excluding hydrogens is 536 g/mol. The Kier molecular flexibility index (Phi) is 5.54. The van der Waals surface area contributed by atoms with Gasteiger partial charge in [-0.1, -0.05) is 127 Å². The van der Waals surface area contributed by atoms with Gasteiger partial charge in [0.1, 0.15) is 11.2 Å². The predicted molar refractivity (Wildman–Crippen MR) is 183 cm³/mol. The SMILES string of the molecule is c1ccc(-c2ccc(-c3cc4c5cc(-c6ccccc6)ccc5oc4c4oc5ccc(-c6ccccc6)cc5c34)cc2)cc1. The van der Waals surface area contributed by atoms with E-state index in [0.29, 0.717) is 0 Å². The summed E-state index contributed by atoms with van der Waals surface area (Å²) < 4.78 is 13.2. The molecule has 0 radical (unpaired) electrons. The number of hydrogen-bond acceptors (Lipinski definition) is 2. The molecule has 0 spiro atoms. The molecule has 0 fully saturated rings. The highest BCUT2D eigenvalue weighted by Gasteiger charge is 2.21. The summed E-state index contributed by atoms with van der Waals surface area (Å²) in [5.74, 6) is 0. The van der Waals surface area contributed by atoms with Gasteiger partial charge in [0.25, 0.3) is 0 Å². The lowest BCUT2D eigenvalue weighted by molar-refractivity contribution is 0.633. The lowest BCUT2D eigenvalue weighted by Crippen LogP contribution is -1.83. The molecule has 7 aromatic carbocycles. The third-order valence-corrected chi connectivity index (χ3v) is 8.70. The molecule has 0 unspecified atom stereocenters. The topological polar surface area (TPSA) is 26.3 Å². The van der Waals surface area contributed by atoms with Gasteiger partial charge in [0.05, 0.1) is 0 Å². The van der Waals surface area contributed by atoms with E-state index in [4.69, 9.17) is 8.83 Å². The zero-order valence-electron chi connectivity index (χ0n) is 23.8. The van der Waals surface area contributed by atoms with Crippen LogP contribution in [0.25, 0.3) is 88.4 Å². The van der Waals surface area contributed by atoms with Crippen LogP contribution in [0.4, 0.5) is 0 Å². The van der Waals surface area contributed by atoms with Crippen LogP contribution in [0.1, 0.15) is 0 Å². The molecular formula is C42H26O2. The summed E-state index contributed by atoms with van der Waals surface area (Å²) in [4.78, 5) is 0. The molecule has 0 amide bonds. The molecule has 0 bridgehead atoms. The van der Waals surface area contributed by atoms with Crippen molar-refractivity contribution in [3.63, 3.8) is 0 Å². The minimum atomic E-state index is 0.780. The molecule has 2 aromatic heterocycles. The van der Waals surface area contributed by atoms with Crippen molar-refractivity contribution in [2.24, 2.45) is 0 Å². The Morgan fingerprint density at radius 1 is 0.295 bits per heavy atom. The van der Waals surface area contributed by atoms with Gasteiger partial charge in [-0.05, 0) is 74.8 Å². The number of rotatable bonds is 4. The lowest BCUT2D eigenvalue weighted by Gasteiger charge is -2.08. The Labute approximate surface area is 254 Å². The summed E-state index contributed by atoms with van der Waals surface area (Å²) in [6, 6.07) is 55.6. The van der Waals surface area contributed by atoms with E-state index < -0.39 is 0 Å². The van der Waals surface area contributed by atoms with Gasteiger partial charge in [-0.3, -0.25) is 0 Å². The van der Waals surface area contributed by atoms with Crippen LogP contribution in [-0.4, -0.2) is 0 Å². The van der Waals surface area contributed by atoms with Crippen LogP contribution in [0.2, 0.25) is 0 Å². The monoisotopic (exact) mass is 562 g/mol. The zero-order valence-corrected chi connectivity index (χ0v) is 23.8. The first-order valence-corrected chi connectivity index (χ1v) is 14.9. The molecule has 9 rings (SSSR count). The van der Waals surface area contributed by atoms with Crippen molar-refractivity contribution in [1.82, 2.24) is 0 Å². The van der Waals surface area contributed by atoms with Crippen LogP contribution in [-0.2, 0) is 0 Å². The van der Waals surface area contributed by atoms with Crippen LogP contribution in [0.3, 0.4) is 0 Å². The molecule has 2 heteroatoms. The van der Waals surface area contributed by atoms with Gasteiger partial charge in [0, 0.05) is 21.5 Å². The van der Waals surface area contributed by atoms with E-state index in [9.17, 15) is 0 Å². The van der Waals surface area contributed by atoms with Crippen LogP contribution >= 0.6 is 0 Å². The normalized spacial score (nSPS) is 11.6. The maximum Gasteiger partial charge on any atom is 0.179 e. The molecule has 2 heterocycles. The van der Waals surface area contributed by atoms with E-state index in [1.165, 1.54) is 22.3 Å². The molecule has 0 aliphatic heterocycles. The number of benzene rings is 7. The van der Waals surface area contributed by atoms with Crippen LogP contribution in [0.15, 0.2) is 167 Å². The highest BCUT2D eigenvalue weighted by atomic mass is 16.4. The standard InChI is InChI=1S/C42H26O2/c1-4-10-27(11-5-1)30-16-18-31(19-17-30)34-26-36-35-24-32(28-12-6-2-7-13-28)20-22-38(35)43-41(36)42-40(34)37-25-33(21-23-39(37)44-42)29-14-8-3-9-15-29/h1-26H. The fraction of sp³-hybridized carbons (Fsp3) is 0. The zero-order chi connectivity index (χ0) is 29.0. The van der Waals surface area contributed by atoms with Crippen molar-refractivity contribution in [3.05, 3.63) is 158 Å². The van der Waals surface area contributed by atoms with Gasteiger partial charge in [-0.2, -0.15) is 0 Å². The van der Waals surface area contributed by atoms with Gasteiger partial charge in [-0.25, -0.2) is 0 Å². The maximum atomic E-state index is 6.66. The van der Waals surface area contributed by atoms with Crippen molar-refractivity contribution in [2.75, 3.05) is 0 Å². The van der Waals surface area contributed by atoms with Crippen molar-refractivity contribution in [3.8, 4) is 44.5 Å². The first-order valence-electron chi connectivity index (χ1n) is 14.9. The Hall–Kier alpha value is -5.86.